The van der Waals surface area contributed by atoms with Crippen LogP contribution in [0.1, 0.15) is 55.8 Å². The Morgan fingerprint density at radius 3 is 2.74 bits per heavy atom. The summed E-state index contributed by atoms with van der Waals surface area (Å²) in [5.41, 5.74) is 2.80. The predicted octanol–water partition coefficient (Wildman–Crippen LogP) is 5.43. The summed E-state index contributed by atoms with van der Waals surface area (Å²) >= 11 is 5.94. The van der Waals surface area contributed by atoms with E-state index in [1.807, 2.05) is 21.6 Å². The number of halogens is 2. The molecule has 184 valence electrons. The molecule has 3 heterocycles. The predicted molar refractivity (Wildman–Crippen MR) is 132 cm³/mol. The minimum Gasteiger partial charge on any atom is -0.481 e. The van der Waals surface area contributed by atoms with Crippen molar-refractivity contribution in [3.8, 4) is 0 Å². The number of carbonyl (C=O) groups excluding carboxylic acids is 1. The molecule has 1 N–H and O–H groups in total. The summed E-state index contributed by atoms with van der Waals surface area (Å²) in [5, 5.41) is 10.9. The van der Waals surface area contributed by atoms with Crippen LogP contribution in [-0.4, -0.2) is 38.0 Å². The first kappa shape index (κ1) is 23.8. The lowest BCUT2D eigenvalue weighted by Crippen LogP contribution is -2.39. The Hall–Kier alpha value is -2.93. The number of fused-ring (bicyclic) bond motifs is 3. The second-order valence-electron chi connectivity index (χ2n) is 10.2. The lowest BCUT2D eigenvalue weighted by atomic mass is 9.71. The molecular weight excluding hydrogens is 469 g/mol. The van der Waals surface area contributed by atoms with Crippen LogP contribution in [0.3, 0.4) is 0 Å². The summed E-state index contributed by atoms with van der Waals surface area (Å²) in [4.78, 5) is 31.3. The molecular formula is C27H29ClFN3O3. The van der Waals surface area contributed by atoms with Gasteiger partial charge in [-0.05, 0) is 74.8 Å². The van der Waals surface area contributed by atoms with Crippen molar-refractivity contribution in [3.63, 3.8) is 0 Å². The van der Waals surface area contributed by atoms with Crippen molar-refractivity contribution in [1.29, 1.82) is 0 Å². The van der Waals surface area contributed by atoms with Crippen LogP contribution in [-0.2, 0) is 29.1 Å². The van der Waals surface area contributed by atoms with Crippen molar-refractivity contribution in [1.82, 2.24) is 14.5 Å². The molecule has 35 heavy (non-hydrogen) atoms. The third-order valence-electron chi connectivity index (χ3n) is 7.90. The number of rotatable bonds is 5. The highest BCUT2D eigenvalue weighted by Gasteiger charge is 2.38. The molecule has 3 aromatic rings. The Morgan fingerprint density at radius 1 is 1.26 bits per heavy atom. The van der Waals surface area contributed by atoms with Gasteiger partial charge in [0.05, 0.1) is 18.5 Å². The summed E-state index contributed by atoms with van der Waals surface area (Å²) < 4.78 is 16.6. The Labute approximate surface area is 208 Å². The van der Waals surface area contributed by atoms with Gasteiger partial charge in [-0.2, -0.15) is 0 Å². The Balaban J connectivity index is 1.36. The van der Waals surface area contributed by atoms with Crippen LogP contribution >= 0.6 is 11.6 Å². The van der Waals surface area contributed by atoms with Crippen LogP contribution in [0.15, 0.2) is 36.5 Å². The largest absolute Gasteiger partial charge is 0.481 e. The van der Waals surface area contributed by atoms with Gasteiger partial charge in [0, 0.05) is 40.8 Å². The number of hydrogen-bond donors (Lipinski definition) is 1. The van der Waals surface area contributed by atoms with Crippen LogP contribution in [0.25, 0.3) is 11.0 Å². The monoisotopic (exact) mass is 497 g/mol. The van der Waals surface area contributed by atoms with E-state index in [9.17, 15) is 19.1 Å². The summed E-state index contributed by atoms with van der Waals surface area (Å²) in [7, 11) is 0. The number of aromatic nitrogens is 2. The normalized spacial score (nSPS) is 22.3. The van der Waals surface area contributed by atoms with Gasteiger partial charge in [-0.25, -0.2) is 9.37 Å². The number of aliphatic carboxylic acids is 1. The molecule has 1 fully saturated rings. The molecule has 6 nitrogen and oxygen atoms in total. The van der Waals surface area contributed by atoms with Gasteiger partial charge in [0.15, 0.2) is 0 Å². The zero-order valence-corrected chi connectivity index (χ0v) is 20.5. The van der Waals surface area contributed by atoms with Gasteiger partial charge in [-0.1, -0.05) is 17.7 Å². The fourth-order valence-electron chi connectivity index (χ4n) is 5.57. The highest BCUT2D eigenvalue weighted by Crippen LogP contribution is 2.40. The van der Waals surface area contributed by atoms with E-state index >= 15 is 0 Å². The van der Waals surface area contributed by atoms with E-state index in [1.165, 1.54) is 11.6 Å². The van der Waals surface area contributed by atoms with E-state index in [4.69, 9.17) is 11.6 Å². The number of nitrogens with zero attached hydrogens (tertiary/aromatic N) is 3. The molecule has 1 amide bonds. The standard InChI is InChI=1S/C27H29ClFN3O3/c1-27(26(34)35)9-6-17(7-10-27)13-24(33)31-12-8-20-21-3-2-11-30-25(21)32(23(20)16-31)15-18-4-5-19(28)14-22(18)29/h2-5,11,14,17H,6-10,12-13,15-16H2,1H3,(H,34,35)/t17-,27-. The van der Waals surface area contributed by atoms with Gasteiger partial charge in [0.1, 0.15) is 11.5 Å². The minimum atomic E-state index is -0.746. The average Bonchev–Trinajstić information content (AvgIpc) is 3.15. The molecule has 2 aliphatic rings. The maximum absolute atomic E-state index is 14.6. The van der Waals surface area contributed by atoms with Crippen molar-refractivity contribution in [2.24, 2.45) is 11.3 Å². The highest BCUT2D eigenvalue weighted by atomic mass is 35.5. The molecule has 0 atom stereocenters. The Bertz CT molecular complexity index is 1300. The fraction of sp³-hybridized carbons (Fsp3) is 0.444. The summed E-state index contributed by atoms with van der Waals surface area (Å²) in [5.74, 6) is -0.795. The number of carboxylic acid groups (broad SMARTS) is 1. The van der Waals surface area contributed by atoms with Gasteiger partial charge in [0.25, 0.3) is 0 Å². The first-order chi connectivity index (χ1) is 16.7. The topological polar surface area (TPSA) is 75.4 Å². The van der Waals surface area contributed by atoms with E-state index in [-0.39, 0.29) is 17.6 Å². The summed E-state index contributed by atoms with van der Waals surface area (Å²) in [6, 6.07) is 8.63. The van der Waals surface area contributed by atoms with Crippen LogP contribution in [0, 0.1) is 17.2 Å². The van der Waals surface area contributed by atoms with E-state index in [2.05, 4.69) is 4.98 Å². The van der Waals surface area contributed by atoms with Crippen LogP contribution in [0.5, 0.6) is 0 Å². The summed E-state index contributed by atoms with van der Waals surface area (Å²) in [6.45, 7) is 3.20. The average molecular weight is 498 g/mol. The number of carbonyl (C=O) groups is 2. The molecule has 1 aliphatic heterocycles. The van der Waals surface area contributed by atoms with Crippen molar-refractivity contribution in [2.45, 2.75) is 58.5 Å². The number of pyridine rings is 1. The van der Waals surface area contributed by atoms with E-state index in [1.54, 1.807) is 25.3 Å². The van der Waals surface area contributed by atoms with Gasteiger partial charge in [0.2, 0.25) is 5.91 Å². The number of amides is 1. The molecule has 1 aliphatic carbocycles. The second-order valence-corrected chi connectivity index (χ2v) is 10.6. The van der Waals surface area contributed by atoms with Crippen LogP contribution in [0.2, 0.25) is 5.02 Å². The molecule has 0 radical (unpaired) electrons. The van der Waals surface area contributed by atoms with Crippen LogP contribution in [0.4, 0.5) is 4.39 Å². The maximum atomic E-state index is 14.6. The Kier molecular flexibility index (Phi) is 6.30. The smallest absolute Gasteiger partial charge is 0.309 e. The zero-order valence-electron chi connectivity index (χ0n) is 19.8. The van der Waals surface area contributed by atoms with Gasteiger partial charge < -0.3 is 14.6 Å². The molecule has 5 rings (SSSR count). The molecule has 1 aromatic carbocycles. The molecule has 0 bridgehead atoms. The number of hydrogen-bond acceptors (Lipinski definition) is 3. The highest BCUT2D eigenvalue weighted by molar-refractivity contribution is 6.30. The number of benzene rings is 1. The lowest BCUT2D eigenvalue weighted by Gasteiger charge is -2.35. The van der Waals surface area contributed by atoms with Crippen LogP contribution < -0.4 is 0 Å². The maximum Gasteiger partial charge on any atom is 0.309 e. The van der Waals surface area contributed by atoms with E-state index < -0.39 is 11.4 Å². The Morgan fingerprint density at radius 2 is 2.03 bits per heavy atom. The van der Waals surface area contributed by atoms with Crippen molar-refractivity contribution < 1.29 is 19.1 Å². The van der Waals surface area contributed by atoms with Crippen molar-refractivity contribution in [2.75, 3.05) is 6.54 Å². The van der Waals surface area contributed by atoms with Gasteiger partial charge >= 0.3 is 5.97 Å². The molecule has 0 saturated heterocycles. The fourth-order valence-corrected chi connectivity index (χ4v) is 5.73. The van der Waals surface area contributed by atoms with Gasteiger partial charge in [-0.3, -0.25) is 9.59 Å². The molecule has 0 spiro atoms. The van der Waals surface area contributed by atoms with Gasteiger partial charge in [-0.15, -0.1) is 0 Å². The van der Waals surface area contributed by atoms with E-state index in [0.29, 0.717) is 49.5 Å². The quantitative estimate of drug-likeness (QED) is 0.509. The third-order valence-corrected chi connectivity index (χ3v) is 8.13. The molecule has 8 heteroatoms. The summed E-state index contributed by atoms with van der Waals surface area (Å²) in [6.07, 6.45) is 5.63. The van der Waals surface area contributed by atoms with Crippen molar-refractivity contribution >= 4 is 34.5 Å². The first-order valence-corrected chi connectivity index (χ1v) is 12.5. The molecule has 1 saturated carbocycles. The lowest BCUT2D eigenvalue weighted by molar-refractivity contribution is -0.150. The first-order valence-electron chi connectivity index (χ1n) is 12.2. The minimum absolute atomic E-state index is 0.0991. The zero-order chi connectivity index (χ0) is 24.7. The van der Waals surface area contributed by atoms with Crippen molar-refractivity contribution in [3.05, 3.63) is 64.2 Å². The molecule has 0 unspecified atom stereocenters. The second kappa shape index (κ2) is 9.26. The third kappa shape index (κ3) is 4.54. The SMILES string of the molecule is C[C@]1(C(=O)O)CC[C@H](CC(=O)N2CCc3c(n(Cc4ccc(Cl)cc4F)c4ncccc34)C2)CC1. The number of carboxylic acids is 1. The van der Waals surface area contributed by atoms with E-state index in [0.717, 1.165) is 36.0 Å². The molecule has 2 aromatic heterocycles.